The zero-order valence-corrected chi connectivity index (χ0v) is 14.4. The highest BCUT2D eigenvalue weighted by Crippen LogP contribution is 2.24. The number of amides is 1. The zero-order valence-electron chi connectivity index (χ0n) is 13.6. The summed E-state index contributed by atoms with van der Waals surface area (Å²) in [5, 5.41) is 1.51. The Bertz CT molecular complexity index is 782. The number of para-hydroxylation sites is 1. The minimum absolute atomic E-state index is 0.0346. The van der Waals surface area contributed by atoms with E-state index in [-0.39, 0.29) is 11.9 Å². The molecule has 1 aromatic heterocycles. The smallest absolute Gasteiger partial charge is 0.272 e. The summed E-state index contributed by atoms with van der Waals surface area (Å²) in [5.74, 6) is 0.308. The lowest BCUT2D eigenvalue weighted by Crippen LogP contribution is -2.46. The van der Waals surface area contributed by atoms with Crippen molar-refractivity contribution < 1.29 is 9.53 Å². The molecule has 5 nitrogen and oxygen atoms in total. The quantitative estimate of drug-likeness (QED) is 0.795. The average molecular weight is 346 g/mol. The van der Waals surface area contributed by atoms with Gasteiger partial charge in [-0.2, -0.15) is 0 Å². The molecule has 2 aliphatic heterocycles. The van der Waals surface area contributed by atoms with Gasteiger partial charge in [-0.05, 0) is 19.2 Å². The Morgan fingerprint density at radius 2 is 2.08 bits per heavy atom. The summed E-state index contributed by atoms with van der Waals surface area (Å²) in [5.41, 5.74) is 1.13. The topological polar surface area (TPSA) is 45.7 Å². The van der Waals surface area contributed by atoms with E-state index in [1.807, 2.05) is 23.1 Å². The van der Waals surface area contributed by atoms with E-state index in [0.717, 1.165) is 25.0 Å². The van der Waals surface area contributed by atoms with Gasteiger partial charge in [-0.3, -0.25) is 4.79 Å². The van der Waals surface area contributed by atoms with Gasteiger partial charge < -0.3 is 14.5 Å². The van der Waals surface area contributed by atoms with E-state index >= 15 is 0 Å². The third kappa shape index (κ3) is 2.88. The summed E-state index contributed by atoms with van der Waals surface area (Å²) in [7, 11) is 2.10. The third-order valence-electron chi connectivity index (χ3n) is 4.80. The van der Waals surface area contributed by atoms with Gasteiger partial charge in [0.2, 0.25) is 0 Å². The largest absolute Gasteiger partial charge is 0.379 e. The van der Waals surface area contributed by atoms with Crippen LogP contribution < -0.4 is 0 Å². The Balaban J connectivity index is 1.69. The first-order valence-corrected chi connectivity index (χ1v) is 8.62. The van der Waals surface area contributed by atoms with Gasteiger partial charge in [0, 0.05) is 30.9 Å². The van der Waals surface area contributed by atoms with Gasteiger partial charge in [0.15, 0.2) is 0 Å². The summed E-state index contributed by atoms with van der Waals surface area (Å²) < 4.78 is 5.75. The van der Waals surface area contributed by atoms with Crippen LogP contribution in [0.5, 0.6) is 0 Å². The van der Waals surface area contributed by atoms with Gasteiger partial charge in [-0.1, -0.05) is 29.8 Å². The van der Waals surface area contributed by atoms with Crippen LogP contribution in [0.4, 0.5) is 0 Å². The summed E-state index contributed by atoms with van der Waals surface area (Å²) in [4.78, 5) is 21.9. The van der Waals surface area contributed by atoms with Crippen molar-refractivity contribution in [2.45, 2.75) is 6.04 Å². The standard InChI is InChI=1S/C18H20ClN3O2/c1-21-7-12-8-22(14(9-21)11-24-10-12)18(23)16-6-5-13-3-2-4-15(19)17(13)20-16/h2-6,12,14H,7-11H2,1H3/t12-,14-/m0/s1. The van der Waals surface area contributed by atoms with E-state index < -0.39 is 0 Å². The SMILES string of the molecule is CN1C[C@@H]2COC[C@H](C1)N(C(=O)c1ccc3cccc(Cl)c3n1)C2. The lowest BCUT2D eigenvalue weighted by molar-refractivity contribution is 0.0480. The number of hydrogen-bond acceptors (Lipinski definition) is 4. The molecule has 2 fully saturated rings. The van der Waals surface area contributed by atoms with Crippen LogP contribution in [-0.2, 0) is 4.74 Å². The third-order valence-corrected chi connectivity index (χ3v) is 5.11. The molecule has 126 valence electrons. The van der Waals surface area contributed by atoms with Crippen LogP contribution in [0.2, 0.25) is 5.02 Å². The number of pyridine rings is 1. The van der Waals surface area contributed by atoms with Crippen LogP contribution in [0.1, 0.15) is 10.5 Å². The van der Waals surface area contributed by atoms with E-state index in [2.05, 4.69) is 16.9 Å². The van der Waals surface area contributed by atoms with Crippen LogP contribution in [0, 0.1) is 5.92 Å². The van der Waals surface area contributed by atoms with Gasteiger partial charge in [0.1, 0.15) is 5.69 Å². The first kappa shape index (κ1) is 15.8. The maximum Gasteiger partial charge on any atom is 0.272 e. The number of carbonyl (C=O) groups is 1. The molecule has 2 bridgehead atoms. The molecule has 1 aromatic carbocycles. The molecule has 1 amide bonds. The van der Waals surface area contributed by atoms with Crippen molar-refractivity contribution in [3.8, 4) is 0 Å². The zero-order chi connectivity index (χ0) is 16.7. The summed E-state index contributed by atoms with van der Waals surface area (Å²) in [6.45, 7) is 3.80. The highest BCUT2D eigenvalue weighted by Gasteiger charge is 2.35. The first-order chi connectivity index (χ1) is 11.6. The predicted octanol–water partition coefficient (Wildman–Crippen LogP) is 2.29. The number of hydrogen-bond donors (Lipinski definition) is 0. The monoisotopic (exact) mass is 345 g/mol. The van der Waals surface area contributed by atoms with Crippen molar-refractivity contribution in [1.82, 2.24) is 14.8 Å². The predicted molar refractivity (Wildman–Crippen MR) is 93.4 cm³/mol. The molecule has 0 saturated carbocycles. The molecular formula is C18H20ClN3O2. The fourth-order valence-corrected chi connectivity index (χ4v) is 3.93. The highest BCUT2D eigenvalue weighted by molar-refractivity contribution is 6.35. The maximum absolute atomic E-state index is 13.1. The molecule has 6 heteroatoms. The van der Waals surface area contributed by atoms with Gasteiger partial charge in [-0.25, -0.2) is 4.98 Å². The van der Waals surface area contributed by atoms with Crippen molar-refractivity contribution in [2.24, 2.45) is 5.92 Å². The second-order valence-electron chi connectivity index (χ2n) is 6.74. The maximum atomic E-state index is 13.1. The molecule has 0 unspecified atom stereocenters. The fraction of sp³-hybridized carbons (Fsp3) is 0.444. The Labute approximate surface area is 146 Å². The van der Waals surface area contributed by atoms with Crippen LogP contribution >= 0.6 is 11.6 Å². The minimum Gasteiger partial charge on any atom is -0.379 e. The van der Waals surface area contributed by atoms with Crippen molar-refractivity contribution >= 4 is 28.4 Å². The Morgan fingerprint density at radius 1 is 1.21 bits per heavy atom. The molecule has 3 heterocycles. The molecule has 0 spiro atoms. The normalized spacial score (nSPS) is 24.8. The molecule has 2 aromatic rings. The van der Waals surface area contributed by atoms with E-state index in [0.29, 0.717) is 35.4 Å². The van der Waals surface area contributed by atoms with Crippen molar-refractivity contribution in [1.29, 1.82) is 0 Å². The summed E-state index contributed by atoms with van der Waals surface area (Å²) in [6, 6.07) is 9.41. The number of rotatable bonds is 1. The summed E-state index contributed by atoms with van der Waals surface area (Å²) in [6.07, 6.45) is 0. The number of benzene rings is 1. The van der Waals surface area contributed by atoms with Gasteiger partial charge in [0.05, 0.1) is 29.8 Å². The van der Waals surface area contributed by atoms with Crippen LogP contribution in [0.25, 0.3) is 10.9 Å². The Morgan fingerprint density at radius 3 is 2.96 bits per heavy atom. The number of fused-ring (bicyclic) bond motifs is 4. The molecular weight excluding hydrogens is 326 g/mol. The lowest BCUT2D eigenvalue weighted by Gasteiger charge is -2.29. The number of likely N-dealkylation sites (N-methyl/N-ethyl adjacent to an activating group) is 1. The molecule has 0 aliphatic carbocycles. The summed E-state index contributed by atoms with van der Waals surface area (Å²) >= 11 is 6.24. The number of aromatic nitrogens is 1. The molecule has 24 heavy (non-hydrogen) atoms. The molecule has 0 radical (unpaired) electrons. The number of carbonyl (C=O) groups excluding carboxylic acids is 1. The van der Waals surface area contributed by atoms with Gasteiger partial charge >= 0.3 is 0 Å². The van der Waals surface area contributed by atoms with E-state index in [9.17, 15) is 4.79 Å². The van der Waals surface area contributed by atoms with Crippen LogP contribution in [0.3, 0.4) is 0 Å². The highest BCUT2D eigenvalue weighted by atomic mass is 35.5. The van der Waals surface area contributed by atoms with Crippen molar-refractivity contribution in [3.05, 3.63) is 41.0 Å². The Kier molecular flexibility index (Phi) is 4.16. The first-order valence-electron chi connectivity index (χ1n) is 8.24. The van der Waals surface area contributed by atoms with Crippen molar-refractivity contribution in [3.63, 3.8) is 0 Å². The van der Waals surface area contributed by atoms with E-state index in [1.54, 1.807) is 12.1 Å². The minimum atomic E-state index is -0.0346. The lowest BCUT2D eigenvalue weighted by atomic mass is 10.1. The molecule has 2 saturated heterocycles. The molecule has 2 aliphatic rings. The second-order valence-corrected chi connectivity index (χ2v) is 7.15. The molecule has 2 atom stereocenters. The fourth-order valence-electron chi connectivity index (χ4n) is 3.70. The molecule has 4 rings (SSSR count). The number of ether oxygens (including phenoxy) is 1. The van der Waals surface area contributed by atoms with Crippen LogP contribution in [0.15, 0.2) is 30.3 Å². The van der Waals surface area contributed by atoms with Crippen molar-refractivity contribution in [2.75, 3.05) is 39.9 Å². The average Bonchev–Trinajstić information content (AvgIpc) is 2.84. The van der Waals surface area contributed by atoms with Gasteiger partial charge in [-0.15, -0.1) is 0 Å². The number of halogens is 1. The second kappa shape index (κ2) is 6.31. The molecule has 0 N–H and O–H groups in total. The van der Waals surface area contributed by atoms with E-state index in [4.69, 9.17) is 16.3 Å². The van der Waals surface area contributed by atoms with Crippen LogP contribution in [-0.4, -0.2) is 66.6 Å². The Hall–Kier alpha value is -1.69. The number of nitrogens with zero attached hydrogens (tertiary/aromatic N) is 3. The van der Waals surface area contributed by atoms with E-state index in [1.165, 1.54) is 0 Å². The van der Waals surface area contributed by atoms with Gasteiger partial charge in [0.25, 0.3) is 5.91 Å².